The third kappa shape index (κ3) is 3.63. The van der Waals surface area contributed by atoms with Crippen LogP contribution in [0.25, 0.3) is 0 Å². The van der Waals surface area contributed by atoms with E-state index in [1.807, 2.05) is 0 Å². The largest absolute Gasteiger partial charge is 0.413 e. The van der Waals surface area contributed by atoms with Crippen molar-refractivity contribution in [1.29, 1.82) is 0 Å². The highest BCUT2D eigenvalue weighted by molar-refractivity contribution is 6.29. The summed E-state index contributed by atoms with van der Waals surface area (Å²) in [4.78, 5) is 23.4. The molecule has 31 heavy (non-hydrogen) atoms. The molecular weight excluding hydrogens is 442 g/mol. The summed E-state index contributed by atoms with van der Waals surface area (Å²) in [5.74, 6) is -1.68. The molecule has 0 N–H and O–H groups in total. The molecule has 168 valence electrons. The van der Waals surface area contributed by atoms with E-state index >= 15 is 0 Å². The van der Waals surface area contributed by atoms with Crippen LogP contribution in [0, 0.1) is 5.82 Å². The normalized spacial score (nSPS) is 23.9. The Morgan fingerprint density at radius 3 is 2.77 bits per heavy atom. The van der Waals surface area contributed by atoms with Crippen LogP contribution in [0.1, 0.15) is 19.4 Å². The van der Waals surface area contributed by atoms with Gasteiger partial charge in [-0.05, 0) is 31.5 Å². The van der Waals surface area contributed by atoms with Gasteiger partial charge in [0, 0.05) is 19.3 Å². The molecule has 0 radical (unpaired) electrons. The van der Waals surface area contributed by atoms with Gasteiger partial charge < -0.3 is 14.5 Å². The lowest BCUT2D eigenvalue weighted by Gasteiger charge is -2.37. The highest BCUT2D eigenvalue weighted by Gasteiger charge is 2.60. The molecule has 0 bridgehead atoms. The summed E-state index contributed by atoms with van der Waals surface area (Å²) in [5.41, 5.74) is -3.16. The third-order valence-corrected chi connectivity index (χ3v) is 5.97. The van der Waals surface area contributed by atoms with E-state index in [2.05, 4.69) is 9.97 Å². The van der Waals surface area contributed by atoms with E-state index in [9.17, 15) is 22.4 Å². The molecule has 2 aromatic heterocycles. The molecule has 2 aromatic rings. The van der Waals surface area contributed by atoms with Gasteiger partial charge in [-0.15, -0.1) is 0 Å². The van der Waals surface area contributed by atoms with E-state index in [1.165, 1.54) is 18.3 Å². The number of hydrogen-bond acceptors (Lipinski definition) is 6. The van der Waals surface area contributed by atoms with E-state index in [0.717, 1.165) is 16.4 Å². The van der Waals surface area contributed by atoms with Gasteiger partial charge in [-0.3, -0.25) is 9.36 Å². The first kappa shape index (κ1) is 21.8. The van der Waals surface area contributed by atoms with Crippen LogP contribution in [-0.2, 0) is 17.8 Å². The summed E-state index contributed by atoms with van der Waals surface area (Å²) in [6.07, 6.45) is -3.34. The minimum absolute atomic E-state index is 0.123. The Morgan fingerprint density at radius 2 is 2.13 bits per heavy atom. The fourth-order valence-electron chi connectivity index (χ4n) is 3.92. The lowest BCUT2D eigenvalue weighted by Crippen LogP contribution is -2.55. The molecule has 2 aliphatic rings. The summed E-state index contributed by atoms with van der Waals surface area (Å²) in [5, 5.41) is 0.123. The zero-order chi connectivity index (χ0) is 22.6. The lowest BCUT2D eigenvalue weighted by molar-refractivity contribution is -0.182. The van der Waals surface area contributed by atoms with Crippen LogP contribution in [0.15, 0.2) is 23.1 Å². The van der Waals surface area contributed by atoms with E-state index in [4.69, 9.17) is 16.3 Å². The smallest absolute Gasteiger partial charge is 0.377 e. The molecule has 2 aliphatic heterocycles. The van der Waals surface area contributed by atoms with E-state index in [0.29, 0.717) is 18.8 Å². The van der Waals surface area contributed by atoms with Crippen molar-refractivity contribution in [1.82, 2.24) is 14.5 Å². The van der Waals surface area contributed by atoms with Crippen molar-refractivity contribution in [2.45, 2.75) is 44.7 Å². The second-order valence-electron chi connectivity index (χ2n) is 7.90. The summed E-state index contributed by atoms with van der Waals surface area (Å²) in [6, 6.07) is 2.67. The van der Waals surface area contributed by atoms with Crippen molar-refractivity contribution in [3.8, 4) is 0 Å². The predicted molar refractivity (Wildman–Crippen MR) is 106 cm³/mol. The molecule has 4 rings (SSSR count). The molecule has 7 nitrogen and oxygen atoms in total. The molecule has 0 aliphatic carbocycles. The van der Waals surface area contributed by atoms with Crippen LogP contribution >= 0.6 is 11.6 Å². The monoisotopic (exact) mass is 461 g/mol. The van der Waals surface area contributed by atoms with Crippen molar-refractivity contribution in [3.05, 3.63) is 45.2 Å². The maximum absolute atomic E-state index is 15.0. The number of anilines is 2. The van der Waals surface area contributed by atoms with Gasteiger partial charge in [0.1, 0.15) is 5.15 Å². The van der Waals surface area contributed by atoms with Crippen LogP contribution in [0.2, 0.25) is 5.15 Å². The standard InChI is InChI=1S/C19H20ClF4N5O2/c1-11-9-31-6-5-27(11)15-14(21)16(30)28-10-18(2,19(22,23)24)29(17(28)26-15)8-12-3-4-25-13(20)7-12/h3-4,7,11H,5-6,8-10H2,1-2H3. The number of morpholine rings is 1. The van der Waals surface area contributed by atoms with Crippen molar-refractivity contribution >= 4 is 23.4 Å². The maximum atomic E-state index is 15.0. The van der Waals surface area contributed by atoms with Gasteiger partial charge in [-0.1, -0.05) is 11.6 Å². The van der Waals surface area contributed by atoms with E-state index < -0.39 is 29.6 Å². The minimum Gasteiger partial charge on any atom is -0.377 e. The number of nitrogens with zero attached hydrogens (tertiary/aromatic N) is 5. The van der Waals surface area contributed by atoms with E-state index in [-0.39, 0.29) is 36.1 Å². The number of rotatable bonds is 3. The summed E-state index contributed by atoms with van der Waals surface area (Å²) in [6.45, 7) is 2.58. The number of halogens is 5. The van der Waals surface area contributed by atoms with Gasteiger partial charge in [0.2, 0.25) is 11.8 Å². The Morgan fingerprint density at radius 1 is 1.39 bits per heavy atom. The molecule has 12 heteroatoms. The Balaban J connectivity index is 1.86. The molecule has 0 saturated carbocycles. The third-order valence-electron chi connectivity index (χ3n) is 5.76. The molecular formula is C19H20ClF4N5O2. The van der Waals surface area contributed by atoms with Gasteiger partial charge in [-0.25, -0.2) is 4.98 Å². The van der Waals surface area contributed by atoms with Gasteiger partial charge in [-0.2, -0.15) is 22.5 Å². The van der Waals surface area contributed by atoms with Gasteiger partial charge >= 0.3 is 6.18 Å². The highest BCUT2D eigenvalue weighted by atomic mass is 35.5. The number of fused-ring (bicyclic) bond motifs is 1. The molecule has 1 fully saturated rings. The fourth-order valence-corrected chi connectivity index (χ4v) is 4.11. The van der Waals surface area contributed by atoms with Crippen LogP contribution in [0.4, 0.5) is 29.3 Å². The molecule has 0 spiro atoms. The molecule has 0 amide bonds. The molecule has 4 heterocycles. The lowest BCUT2D eigenvalue weighted by atomic mass is 10.00. The first-order valence-electron chi connectivity index (χ1n) is 9.62. The number of pyridine rings is 1. The Bertz CT molecular complexity index is 1060. The number of ether oxygens (including phenoxy) is 1. The van der Waals surface area contributed by atoms with E-state index in [1.54, 1.807) is 11.8 Å². The zero-order valence-electron chi connectivity index (χ0n) is 16.8. The predicted octanol–water partition coefficient (Wildman–Crippen LogP) is 3.00. The summed E-state index contributed by atoms with van der Waals surface area (Å²) >= 11 is 5.89. The fraction of sp³-hybridized carbons (Fsp3) is 0.526. The van der Waals surface area contributed by atoms with Crippen molar-refractivity contribution < 1.29 is 22.3 Å². The average Bonchev–Trinajstić information content (AvgIpc) is 2.99. The Labute approximate surface area is 180 Å². The second kappa shape index (κ2) is 7.63. The first-order chi connectivity index (χ1) is 14.5. The number of alkyl halides is 3. The SMILES string of the molecule is CC1COCCN1c1nc2n(c(=O)c1F)CC(C)(C(F)(F)F)N2Cc1ccnc(Cl)c1. The quantitative estimate of drug-likeness (QED) is 0.517. The Hall–Kier alpha value is -2.40. The molecule has 2 atom stereocenters. The average molecular weight is 462 g/mol. The highest BCUT2D eigenvalue weighted by Crippen LogP contribution is 2.44. The van der Waals surface area contributed by atoms with Crippen molar-refractivity contribution in [3.63, 3.8) is 0 Å². The van der Waals surface area contributed by atoms with Crippen LogP contribution in [0.3, 0.4) is 0 Å². The van der Waals surface area contributed by atoms with Gasteiger partial charge in [0.25, 0.3) is 5.56 Å². The van der Waals surface area contributed by atoms with Gasteiger partial charge in [0.05, 0.1) is 25.8 Å². The molecule has 1 saturated heterocycles. The maximum Gasteiger partial charge on any atom is 0.413 e. The topological polar surface area (TPSA) is 63.5 Å². The zero-order valence-corrected chi connectivity index (χ0v) is 17.5. The molecule has 2 unspecified atom stereocenters. The summed E-state index contributed by atoms with van der Waals surface area (Å²) in [7, 11) is 0. The van der Waals surface area contributed by atoms with Crippen LogP contribution in [0.5, 0.6) is 0 Å². The molecule has 0 aromatic carbocycles. The first-order valence-corrected chi connectivity index (χ1v) is 10.0. The van der Waals surface area contributed by atoms with Crippen molar-refractivity contribution in [2.24, 2.45) is 0 Å². The Kier molecular flexibility index (Phi) is 5.37. The van der Waals surface area contributed by atoms with Crippen molar-refractivity contribution in [2.75, 3.05) is 29.6 Å². The van der Waals surface area contributed by atoms with Crippen LogP contribution < -0.4 is 15.4 Å². The van der Waals surface area contributed by atoms with Crippen LogP contribution in [-0.4, -0.2) is 52.1 Å². The number of aromatic nitrogens is 3. The summed E-state index contributed by atoms with van der Waals surface area (Å²) < 4.78 is 63.5. The minimum atomic E-state index is -4.72. The van der Waals surface area contributed by atoms with Gasteiger partial charge in [0.15, 0.2) is 11.4 Å². The number of hydrogen-bond donors (Lipinski definition) is 0. The second-order valence-corrected chi connectivity index (χ2v) is 8.29.